The first-order chi connectivity index (χ1) is 10.4. The van der Waals surface area contributed by atoms with E-state index in [2.05, 4.69) is 5.43 Å². The highest BCUT2D eigenvalue weighted by Gasteiger charge is 2.24. The summed E-state index contributed by atoms with van der Waals surface area (Å²) in [6.45, 7) is 4.33. The van der Waals surface area contributed by atoms with Crippen LogP contribution in [0.1, 0.15) is 32.3 Å². The van der Waals surface area contributed by atoms with Crippen molar-refractivity contribution in [1.29, 1.82) is 5.26 Å². The molecule has 5 nitrogen and oxygen atoms in total. The van der Waals surface area contributed by atoms with Gasteiger partial charge in [-0.2, -0.15) is 5.26 Å². The zero-order valence-electron chi connectivity index (χ0n) is 12.6. The molecule has 0 saturated carbocycles. The number of halogens is 1. The summed E-state index contributed by atoms with van der Waals surface area (Å²) in [7, 11) is 0. The van der Waals surface area contributed by atoms with Crippen LogP contribution in [-0.4, -0.2) is 23.7 Å². The second kappa shape index (κ2) is 6.90. The van der Waals surface area contributed by atoms with E-state index in [9.17, 15) is 4.39 Å². The highest BCUT2D eigenvalue weighted by molar-refractivity contribution is 7.80. The number of nitriles is 1. The van der Waals surface area contributed by atoms with Gasteiger partial charge in [0.05, 0.1) is 28.4 Å². The number of anilines is 1. The molecular formula is C15H19FN4OS. The van der Waals surface area contributed by atoms with E-state index in [4.69, 9.17) is 28.0 Å². The van der Waals surface area contributed by atoms with Crippen molar-refractivity contribution in [2.75, 3.05) is 11.6 Å². The summed E-state index contributed by atoms with van der Waals surface area (Å²) in [5.74, 6) is -0.114. The molecule has 0 amide bonds. The number of hydrazine groups is 1. The Morgan fingerprint density at radius 2 is 2.32 bits per heavy atom. The molecule has 0 aromatic heterocycles. The van der Waals surface area contributed by atoms with Crippen molar-refractivity contribution in [2.45, 2.75) is 38.8 Å². The number of ether oxygens (including phenoxy) is 1. The molecule has 1 aliphatic heterocycles. The van der Waals surface area contributed by atoms with Gasteiger partial charge in [0.15, 0.2) is 0 Å². The van der Waals surface area contributed by atoms with Crippen LogP contribution in [0.25, 0.3) is 0 Å². The molecule has 0 bridgehead atoms. The van der Waals surface area contributed by atoms with Crippen LogP contribution in [0.5, 0.6) is 5.75 Å². The molecular weight excluding hydrogens is 303 g/mol. The van der Waals surface area contributed by atoms with Crippen LogP contribution in [0.15, 0.2) is 12.1 Å². The van der Waals surface area contributed by atoms with Crippen molar-refractivity contribution < 1.29 is 9.13 Å². The summed E-state index contributed by atoms with van der Waals surface area (Å²) in [5.41, 5.74) is 9.29. The third kappa shape index (κ3) is 3.64. The molecule has 0 aliphatic carbocycles. The monoisotopic (exact) mass is 322 g/mol. The number of benzene rings is 1. The molecule has 1 fully saturated rings. The van der Waals surface area contributed by atoms with Gasteiger partial charge in [0.25, 0.3) is 0 Å². The molecule has 22 heavy (non-hydrogen) atoms. The lowest BCUT2D eigenvalue weighted by Gasteiger charge is -2.35. The topological polar surface area (TPSA) is 74.3 Å². The fraction of sp³-hybridized carbons (Fsp3) is 0.467. The van der Waals surface area contributed by atoms with E-state index in [1.165, 1.54) is 6.07 Å². The number of nitrogens with one attached hydrogen (secondary N) is 1. The number of nitrogens with two attached hydrogens (primary N) is 1. The minimum atomic E-state index is -0.483. The number of thiocarbonyl (C=S) groups is 1. The average molecular weight is 322 g/mol. The van der Waals surface area contributed by atoms with Crippen molar-refractivity contribution in [2.24, 2.45) is 5.73 Å². The minimum Gasteiger partial charge on any atom is -0.490 e. The van der Waals surface area contributed by atoms with Crippen LogP contribution in [-0.2, 0) is 0 Å². The van der Waals surface area contributed by atoms with Gasteiger partial charge >= 0.3 is 0 Å². The zero-order chi connectivity index (χ0) is 16.3. The van der Waals surface area contributed by atoms with Crippen molar-refractivity contribution in [3.63, 3.8) is 0 Å². The fourth-order valence-electron chi connectivity index (χ4n) is 2.35. The largest absolute Gasteiger partial charge is 0.490 e. The summed E-state index contributed by atoms with van der Waals surface area (Å²) in [6, 6.07) is 4.53. The highest BCUT2D eigenvalue weighted by atomic mass is 32.1. The maximum atomic E-state index is 14.3. The maximum absolute atomic E-state index is 14.3. The molecule has 1 heterocycles. The maximum Gasteiger partial charge on any atom is 0.149 e. The fourth-order valence-corrected chi connectivity index (χ4v) is 2.53. The highest BCUT2D eigenvalue weighted by Crippen LogP contribution is 2.30. The van der Waals surface area contributed by atoms with Gasteiger partial charge in [-0.3, -0.25) is 0 Å². The van der Waals surface area contributed by atoms with Crippen LogP contribution < -0.4 is 20.9 Å². The van der Waals surface area contributed by atoms with Gasteiger partial charge in [-0.05, 0) is 32.8 Å². The predicted octanol–water partition coefficient (Wildman–Crippen LogP) is 2.24. The zero-order valence-corrected chi connectivity index (χ0v) is 13.4. The van der Waals surface area contributed by atoms with Crippen molar-refractivity contribution in [3.8, 4) is 11.8 Å². The van der Waals surface area contributed by atoms with Gasteiger partial charge < -0.3 is 15.5 Å². The van der Waals surface area contributed by atoms with Crippen molar-refractivity contribution in [1.82, 2.24) is 5.43 Å². The molecule has 1 aromatic carbocycles. The molecule has 1 saturated heterocycles. The minimum absolute atomic E-state index is 0.107. The third-order valence-electron chi connectivity index (χ3n) is 3.35. The number of hydrogen-bond acceptors (Lipinski definition) is 5. The Morgan fingerprint density at radius 1 is 1.59 bits per heavy atom. The third-order valence-corrected chi connectivity index (χ3v) is 3.64. The Labute approximate surface area is 134 Å². The van der Waals surface area contributed by atoms with E-state index in [-0.39, 0.29) is 17.7 Å². The Kier molecular flexibility index (Phi) is 5.16. The Hall–Kier alpha value is -1.91. The SMILES string of the molecule is CC(C)Oc1cc(N2CCCC(C(N)=S)N2)c(F)cc1C#N. The molecule has 1 atom stereocenters. The van der Waals surface area contributed by atoms with Gasteiger partial charge in [-0.1, -0.05) is 12.2 Å². The van der Waals surface area contributed by atoms with E-state index in [1.807, 2.05) is 19.9 Å². The Bertz CT molecular complexity index is 614. The first kappa shape index (κ1) is 16.5. The number of hydrogen-bond donors (Lipinski definition) is 2. The molecule has 3 N–H and O–H groups in total. The molecule has 0 spiro atoms. The van der Waals surface area contributed by atoms with Crippen LogP contribution in [0.2, 0.25) is 0 Å². The van der Waals surface area contributed by atoms with Crippen LogP contribution in [0.4, 0.5) is 10.1 Å². The smallest absolute Gasteiger partial charge is 0.149 e. The van der Waals surface area contributed by atoms with E-state index >= 15 is 0 Å². The van der Waals surface area contributed by atoms with E-state index in [0.29, 0.717) is 23.0 Å². The van der Waals surface area contributed by atoms with Gasteiger partial charge in [0, 0.05) is 12.6 Å². The lowest BCUT2D eigenvalue weighted by atomic mass is 10.1. The Morgan fingerprint density at radius 3 is 2.91 bits per heavy atom. The normalized spacial score (nSPS) is 18.1. The Balaban J connectivity index is 2.34. The van der Waals surface area contributed by atoms with E-state index in [0.717, 1.165) is 12.8 Å². The molecule has 1 aromatic rings. The van der Waals surface area contributed by atoms with Crippen LogP contribution >= 0.6 is 12.2 Å². The molecule has 0 radical (unpaired) electrons. The van der Waals surface area contributed by atoms with Crippen molar-refractivity contribution >= 4 is 22.9 Å². The first-order valence-electron chi connectivity index (χ1n) is 7.15. The lowest BCUT2D eigenvalue weighted by Crippen LogP contribution is -2.54. The summed E-state index contributed by atoms with van der Waals surface area (Å²) >= 11 is 5.00. The summed E-state index contributed by atoms with van der Waals surface area (Å²) in [4.78, 5) is 0.359. The summed E-state index contributed by atoms with van der Waals surface area (Å²) < 4.78 is 19.9. The molecule has 118 valence electrons. The van der Waals surface area contributed by atoms with Gasteiger partial charge in [-0.15, -0.1) is 0 Å². The summed E-state index contributed by atoms with van der Waals surface area (Å²) in [6.07, 6.45) is 1.55. The van der Waals surface area contributed by atoms with Gasteiger partial charge in [0.2, 0.25) is 0 Å². The second-order valence-corrected chi connectivity index (χ2v) is 5.93. The number of nitrogens with zero attached hydrogens (tertiary/aromatic N) is 2. The standard InChI is InChI=1S/C15H19FN4OS/c1-9(2)21-14-7-13(11(16)6-10(14)8-17)20-5-3-4-12(19-20)15(18)22/h6-7,9,12,19H,3-5H2,1-2H3,(H2,18,22). The quantitative estimate of drug-likeness (QED) is 0.828. The molecule has 7 heteroatoms. The lowest BCUT2D eigenvalue weighted by molar-refractivity contribution is 0.241. The molecule has 1 aliphatic rings. The molecule has 1 unspecified atom stereocenters. The molecule has 2 rings (SSSR count). The number of rotatable bonds is 4. The van der Waals surface area contributed by atoms with E-state index in [1.54, 1.807) is 11.1 Å². The summed E-state index contributed by atoms with van der Waals surface area (Å²) in [5, 5.41) is 10.8. The van der Waals surface area contributed by atoms with Crippen LogP contribution in [0, 0.1) is 17.1 Å². The van der Waals surface area contributed by atoms with E-state index < -0.39 is 5.82 Å². The van der Waals surface area contributed by atoms with Crippen molar-refractivity contribution in [3.05, 3.63) is 23.5 Å². The first-order valence-corrected chi connectivity index (χ1v) is 7.56. The second-order valence-electron chi connectivity index (χ2n) is 5.46. The average Bonchev–Trinajstić information content (AvgIpc) is 2.48. The van der Waals surface area contributed by atoms with Gasteiger partial charge in [-0.25, -0.2) is 9.82 Å². The van der Waals surface area contributed by atoms with Crippen LogP contribution in [0.3, 0.4) is 0 Å². The predicted molar refractivity (Wildman–Crippen MR) is 87.2 cm³/mol. The van der Waals surface area contributed by atoms with Gasteiger partial charge in [0.1, 0.15) is 17.6 Å².